The maximum atomic E-state index is 12.1. The van der Waals surface area contributed by atoms with Crippen LogP contribution in [0.3, 0.4) is 0 Å². The van der Waals surface area contributed by atoms with E-state index in [1.54, 1.807) is 43.3 Å². The lowest BCUT2D eigenvalue weighted by atomic mass is 10.2. The number of esters is 1. The third-order valence-electron chi connectivity index (χ3n) is 3.00. The lowest BCUT2D eigenvalue weighted by molar-refractivity contribution is -0.133. The Morgan fingerprint density at radius 1 is 0.917 bits per heavy atom. The first-order valence-corrected chi connectivity index (χ1v) is 7.95. The number of rotatable bonds is 4. The summed E-state index contributed by atoms with van der Waals surface area (Å²) in [5, 5.41) is 4.91. The first-order chi connectivity index (χ1) is 11.5. The predicted molar refractivity (Wildman–Crippen MR) is 93.8 cm³/mol. The Morgan fingerprint density at radius 2 is 1.46 bits per heavy atom. The summed E-state index contributed by atoms with van der Waals surface area (Å²) in [4.78, 5) is 36.0. The zero-order valence-corrected chi connectivity index (χ0v) is 14.4. The molecular weight excluding hydrogens is 376 g/mol. The third kappa shape index (κ3) is 4.42. The van der Waals surface area contributed by atoms with Crippen LogP contribution in [-0.2, 0) is 14.3 Å². The number of carbonyl (C=O) groups is 3. The molecule has 0 aliphatic heterocycles. The van der Waals surface area contributed by atoms with Crippen molar-refractivity contribution in [3.63, 3.8) is 0 Å². The number of benzene rings is 2. The lowest BCUT2D eigenvalue weighted by Crippen LogP contribution is -2.30. The maximum absolute atomic E-state index is 12.1. The SMILES string of the molecule is CCOC(=O)c1ccccc1NC(=O)C(=O)Nc1ccccc1Br. The average molecular weight is 391 g/mol. The molecule has 0 atom stereocenters. The highest BCUT2D eigenvalue weighted by Gasteiger charge is 2.19. The second-order valence-corrected chi connectivity index (χ2v) is 5.51. The maximum Gasteiger partial charge on any atom is 0.340 e. The second-order valence-electron chi connectivity index (χ2n) is 4.65. The summed E-state index contributed by atoms with van der Waals surface area (Å²) in [5.41, 5.74) is 0.862. The summed E-state index contributed by atoms with van der Waals surface area (Å²) in [5.74, 6) is -2.30. The van der Waals surface area contributed by atoms with Crippen molar-refractivity contribution < 1.29 is 19.1 Å². The normalized spacial score (nSPS) is 9.92. The van der Waals surface area contributed by atoms with Gasteiger partial charge in [0.2, 0.25) is 0 Å². The second kappa shape index (κ2) is 8.26. The minimum Gasteiger partial charge on any atom is -0.462 e. The molecule has 2 N–H and O–H groups in total. The Bertz CT molecular complexity index is 777. The van der Waals surface area contributed by atoms with E-state index >= 15 is 0 Å². The minimum atomic E-state index is -0.887. The molecule has 0 fully saturated rings. The van der Waals surface area contributed by atoms with Crippen molar-refractivity contribution in [2.45, 2.75) is 6.92 Å². The molecule has 7 heteroatoms. The molecule has 0 heterocycles. The molecule has 0 spiro atoms. The summed E-state index contributed by atoms with van der Waals surface area (Å²) in [6.07, 6.45) is 0. The van der Waals surface area contributed by atoms with Crippen LogP contribution in [-0.4, -0.2) is 24.4 Å². The van der Waals surface area contributed by atoms with Crippen molar-refractivity contribution >= 4 is 45.1 Å². The van der Waals surface area contributed by atoms with Gasteiger partial charge in [0, 0.05) is 4.47 Å². The fourth-order valence-corrected chi connectivity index (χ4v) is 2.28. The molecule has 0 saturated heterocycles. The highest BCUT2D eigenvalue weighted by atomic mass is 79.9. The van der Waals surface area contributed by atoms with Crippen LogP contribution in [0.25, 0.3) is 0 Å². The number of halogens is 1. The van der Waals surface area contributed by atoms with Gasteiger partial charge in [-0.05, 0) is 47.1 Å². The molecule has 2 rings (SSSR count). The van der Waals surface area contributed by atoms with Gasteiger partial charge in [0.05, 0.1) is 23.5 Å². The van der Waals surface area contributed by atoms with Crippen molar-refractivity contribution in [1.29, 1.82) is 0 Å². The average Bonchev–Trinajstić information content (AvgIpc) is 2.57. The van der Waals surface area contributed by atoms with E-state index in [1.807, 2.05) is 0 Å². The fraction of sp³-hybridized carbons (Fsp3) is 0.118. The Balaban J connectivity index is 2.11. The molecule has 0 bridgehead atoms. The highest BCUT2D eigenvalue weighted by molar-refractivity contribution is 9.10. The van der Waals surface area contributed by atoms with E-state index in [-0.39, 0.29) is 17.9 Å². The van der Waals surface area contributed by atoms with Gasteiger partial charge in [-0.3, -0.25) is 9.59 Å². The predicted octanol–water partition coefficient (Wildman–Crippen LogP) is 3.20. The van der Waals surface area contributed by atoms with Gasteiger partial charge in [-0.15, -0.1) is 0 Å². The molecule has 0 unspecified atom stereocenters. The number of para-hydroxylation sites is 2. The van der Waals surface area contributed by atoms with Gasteiger partial charge in [-0.25, -0.2) is 4.79 Å². The number of hydrogen-bond donors (Lipinski definition) is 2. The highest BCUT2D eigenvalue weighted by Crippen LogP contribution is 2.21. The number of anilines is 2. The zero-order chi connectivity index (χ0) is 17.5. The van der Waals surface area contributed by atoms with Gasteiger partial charge in [-0.1, -0.05) is 24.3 Å². The van der Waals surface area contributed by atoms with Gasteiger partial charge in [0.25, 0.3) is 0 Å². The molecule has 2 aromatic rings. The van der Waals surface area contributed by atoms with Crippen LogP contribution in [0.1, 0.15) is 17.3 Å². The summed E-state index contributed by atoms with van der Waals surface area (Å²) < 4.78 is 5.58. The molecule has 0 aliphatic carbocycles. The summed E-state index contributed by atoms with van der Waals surface area (Å²) in [6, 6.07) is 13.2. The van der Waals surface area contributed by atoms with Gasteiger partial charge in [0.15, 0.2) is 0 Å². The molecule has 2 amide bonds. The largest absolute Gasteiger partial charge is 0.462 e. The van der Waals surface area contributed by atoms with E-state index in [0.717, 1.165) is 0 Å². The Labute approximate surface area is 147 Å². The van der Waals surface area contributed by atoms with Gasteiger partial charge in [0.1, 0.15) is 0 Å². The number of hydrogen-bond acceptors (Lipinski definition) is 4. The smallest absolute Gasteiger partial charge is 0.340 e. The number of ether oxygens (including phenoxy) is 1. The summed E-state index contributed by atoms with van der Waals surface area (Å²) >= 11 is 3.28. The van der Waals surface area contributed by atoms with Crippen molar-refractivity contribution in [2.75, 3.05) is 17.2 Å². The first kappa shape index (κ1) is 17.7. The molecule has 0 aliphatic rings. The molecule has 0 saturated carbocycles. The van der Waals surface area contributed by atoms with E-state index in [1.165, 1.54) is 12.1 Å². The third-order valence-corrected chi connectivity index (χ3v) is 3.69. The number of carbonyl (C=O) groups excluding carboxylic acids is 3. The molecule has 24 heavy (non-hydrogen) atoms. The molecule has 2 aromatic carbocycles. The topological polar surface area (TPSA) is 84.5 Å². The van der Waals surface area contributed by atoms with E-state index in [4.69, 9.17) is 4.74 Å². The molecule has 124 valence electrons. The Kier molecular flexibility index (Phi) is 6.08. The van der Waals surface area contributed by atoms with Crippen LogP contribution in [0.2, 0.25) is 0 Å². The van der Waals surface area contributed by atoms with Gasteiger partial charge < -0.3 is 15.4 Å². The van der Waals surface area contributed by atoms with E-state index < -0.39 is 17.8 Å². The fourth-order valence-electron chi connectivity index (χ4n) is 1.90. The van der Waals surface area contributed by atoms with Crippen molar-refractivity contribution in [3.05, 3.63) is 58.6 Å². The first-order valence-electron chi connectivity index (χ1n) is 7.16. The number of nitrogens with one attached hydrogen (secondary N) is 2. The molecular formula is C17H15BrN2O4. The van der Waals surface area contributed by atoms with Gasteiger partial charge >= 0.3 is 17.8 Å². The monoisotopic (exact) mass is 390 g/mol. The molecule has 0 radical (unpaired) electrons. The van der Waals surface area contributed by atoms with Crippen LogP contribution in [0, 0.1) is 0 Å². The van der Waals surface area contributed by atoms with Gasteiger partial charge in [-0.2, -0.15) is 0 Å². The van der Waals surface area contributed by atoms with E-state index in [2.05, 4.69) is 26.6 Å². The molecule has 0 aromatic heterocycles. The minimum absolute atomic E-state index is 0.182. The Morgan fingerprint density at radius 3 is 2.08 bits per heavy atom. The van der Waals surface area contributed by atoms with Crippen molar-refractivity contribution in [3.8, 4) is 0 Å². The quantitative estimate of drug-likeness (QED) is 0.619. The van der Waals surface area contributed by atoms with Crippen molar-refractivity contribution in [2.24, 2.45) is 0 Å². The van der Waals surface area contributed by atoms with Crippen LogP contribution >= 0.6 is 15.9 Å². The number of amides is 2. The van der Waals surface area contributed by atoms with E-state index in [9.17, 15) is 14.4 Å². The summed E-state index contributed by atoms with van der Waals surface area (Å²) in [6.45, 7) is 1.90. The van der Waals surface area contributed by atoms with Crippen LogP contribution in [0.4, 0.5) is 11.4 Å². The van der Waals surface area contributed by atoms with Crippen molar-refractivity contribution in [1.82, 2.24) is 0 Å². The van der Waals surface area contributed by atoms with Crippen LogP contribution in [0.15, 0.2) is 53.0 Å². The van der Waals surface area contributed by atoms with E-state index in [0.29, 0.717) is 10.2 Å². The summed E-state index contributed by atoms with van der Waals surface area (Å²) in [7, 11) is 0. The van der Waals surface area contributed by atoms with Crippen LogP contribution < -0.4 is 10.6 Å². The Hall–Kier alpha value is -2.67. The molecule has 6 nitrogen and oxygen atoms in total. The standard InChI is InChI=1S/C17H15BrN2O4/c1-2-24-17(23)11-7-3-5-9-13(11)19-15(21)16(22)20-14-10-6-4-8-12(14)18/h3-10H,2H2,1H3,(H,19,21)(H,20,22). The lowest BCUT2D eigenvalue weighted by Gasteiger charge is -2.11. The van der Waals surface area contributed by atoms with Crippen LogP contribution in [0.5, 0.6) is 0 Å². The zero-order valence-electron chi connectivity index (χ0n) is 12.8.